The van der Waals surface area contributed by atoms with E-state index in [1.54, 1.807) is 7.05 Å². The molecule has 3 atom stereocenters. The maximum absolute atomic E-state index is 11.7. The Balaban J connectivity index is 0.000000396. The molecule has 2 aliphatic heterocycles. The lowest BCUT2D eigenvalue weighted by Crippen LogP contribution is -2.43. The van der Waals surface area contributed by atoms with Gasteiger partial charge in [-0.2, -0.15) is 13.2 Å². The molecule has 0 aliphatic carbocycles. The van der Waals surface area contributed by atoms with Crippen LogP contribution in [-0.2, 0) is 25.7 Å². The molecule has 0 aromatic heterocycles. The molecule has 2 saturated heterocycles. The third-order valence-corrected chi connectivity index (χ3v) is 5.08. The van der Waals surface area contributed by atoms with E-state index in [2.05, 4.69) is 22.3 Å². The SMILES string of the molecule is CNC(=O)[C@H]1C[C@@H]2CCN(CCOCc3ccccc3)C[C@H]2O1.O=C(O)C(F)(F)F. The maximum atomic E-state index is 11.7. The van der Waals surface area contributed by atoms with Gasteiger partial charge in [-0.3, -0.25) is 9.69 Å². The highest BCUT2D eigenvalue weighted by atomic mass is 19.4. The van der Waals surface area contributed by atoms with Crippen LogP contribution in [0.4, 0.5) is 13.2 Å². The molecule has 10 heteroatoms. The summed E-state index contributed by atoms with van der Waals surface area (Å²) < 4.78 is 43.4. The van der Waals surface area contributed by atoms with Crippen LogP contribution in [0, 0.1) is 5.92 Å². The normalized spacial score (nSPS) is 23.8. The molecule has 3 rings (SSSR count). The van der Waals surface area contributed by atoms with E-state index in [9.17, 15) is 18.0 Å². The summed E-state index contributed by atoms with van der Waals surface area (Å²) in [5.41, 5.74) is 1.21. The number of rotatable bonds is 6. The number of hydrogen-bond donors (Lipinski definition) is 2. The molecular weight excluding hydrogens is 405 g/mol. The van der Waals surface area contributed by atoms with Crippen molar-refractivity contribution in [3.8, 4) is 0 Å². The van der Waals surface area contributed by atoms with Gasteiger partial charge in [-0.15, -0.1) is 0 Å². The Hall–Kier alpha value is -2.17. The van der Waals surface area contributed by atoms with Gasteiger partial charge in [0.2, 0.25) is 5.91 Å². The molecule has 1 amide bonds. The lowest BCUT2D eigenvalue weighted by Gasteiger charge is -2.33. The van der Waals surface area contributed by atoms with E-state index in [0.29, 0.717) is 12.5 Å². The number of likely N-dealkylation sites (tertiary alicyclic amines) is 1. The molecule has 2 aliphatic rings. The molecule has 0 bridgehead atoms. The fourth-order valence-electron chi connectivity index (χ4n) is 3.49. The second-order valence-electron chi connectivity index (χ2n) is 7.20. The van der Waals surface area contributed by atoms with Crippen molar-refractivity contribution in [1.29, 1.82) is 0 Å². The summed E-state index contributed by atoms with van der Waals surface area (Å²) in [4.78, 5) is 23.0. The predicted octanol–water partition coefficient (Wildman–Crippen LogP) is 2.06. The number of carboxylic acids is 1. The fourth-order valence-corrected chi connectivity index (χ4v) is 3.49. The van der Waals surface area contributed by atoms with E-state index in [0.717, 1.165) is 39.1 Å². The summed E-state index contributed by atoms with van der Waals surface area (Å²) in [5.74, 6) is -2.22. The summed E-state index contributed by atoms with van der Waals surface area (Å²) in [7, 11) is 1.67. The number of nitrogens with one attached hydrogen (secondary N) is 1. The minimum absolute atomic E-state index is 0.0112. The minimum atomic E-state index is -5.08. The first-order chi connectivity index (χ1) is 14.2. The van der Waals surface area contributed by atoms with Gasteiger partial charge in [0.25, 0.3) is 0 Å². The summed E-state index contributed by atoms with van der Waals surface area (Å²) in [6.07, 6.45) is -3.18. The Morgan fingerprint density at radius 2 is 1.97 bits per heavy atom. The number of nitrogens with zero attached hydrogens (tertiary/aromatic N) is 1. The molecule has 2 heterocycles. The molecular formula is C20H27F3N2O5. The number of carboxylic acid groups (broad SMARTS) is 1. The van der Waals surface area contributed by atoms with Crippen LogP contribution in [0.3, 0.4) is 0 Å². The van der Waals surface area contributed by atoms with Gasteiger partial charge in [-0.05, 0) is 30.9 Å². The predicted molar refractivity (Wildman–Crippen MR) is 102 cm³/mol. The number of likely N-dealkylation sites (N-methyl/N-ethyl adjacent to an activating group) is 1. The number of benzene rings is 1. The van der Waals surface area contributed by atoms with Crippen LogP contribution in [0.5, 0.6) is 0 Å². The van der Waals surface area contributed by atoms with Crippen molar-refractivity contribution in [1.82, 2.24) is 10.2 Å². The number of carbonyl (C=O) groups excluding carboxylic acids is 1. The number of alkyl halides is 3. The standard InChI is InChI=1S/C18H26N2O3.C2HF3O2/c1-19-18(21)16-11-15-7-8-20(12-17(15)23-16)9-10-22-13-14-5-3-2-4-6-14;3-2(4,5)1(6)7/h2-6,15-17H,7-13H2,1H3,(H,19,21);(H,6,7)/t15-,16+,17+;/m0./s1. The highest BCUT2D eigenvalue weighted by molar-refractivity contribution is 5.80. The van der Waals surface area contributed by atoms with Crippen LogP contribution in [0.2, 0.25) is 0 Å². The third kappa shape index (κ3) is 7.58. The Morgan fingerprint density at radius 3 is 2.57 bits per heavy atom. The number of piperidine rings is 1. The van der Waals surface area contributed by atoms with Crippen LogP contribution in [-0.4, -0.2) is 73.6 Å². The summed E-state index contributed by atoms with van der Waals surface area (Å²) in [6.45, 7) is 4.29. The average molecular weight is 432 g/mol. The quantitative estimate of drug-likeness (QED) is 0.670. The molecule has 2 N–H and O–H groups in total. The van der Waals surface area contributed by atoms with Crippen LogP contribution >= 0.6 is 0 Å². The molecule has 1 aromatic rings. The van der Waals surface area contributed by atoms with Gasteiger partial charge in [0.15, 0.2) is 0 Å². The summed E-state index contributed by atoms with van der Waals surface area (Å²) >= 11 is 0. The number of hydrogen-bond acceptors (Lipinski definition) is 5. The van der Waals surface area contributed by atoms with Crippen LogP contribution in [0.15, 0.2) is 30.3 Å². The molecule has 1 aromatic carbocycles. The fraction of sp³-hybridized carbons (Fsp3) is 0.600. The number of amides is 1. The van der Waals surface area contributed by atoms with Crippen LogP contribution in [0.1, 0.15) is 18.4 Å². The van der Waals surface area contributed by atoms with Gasteiger partial charge >= 0.3 is 12.1 Å². The largest absolute Gasteiger partial charge is 0.490 e. The van der Waals surface area contributed by atoms with E-state index in [1.165, 1.54) is 5.56 Å². The van der Waals surface area contributed by atoms with E-state index in [1.807, 2.05) is 18.2 Å². The second kappa shape index (κ2) is 11.3. The van der Waals surface area contributed by atoms with Gasteiger partial charge in [-0.25, -0.2) is 4.79 Å². The van der Waals surface area contributed by atoms with Crippen molar-refractivity contribution in [3.05, 3.63) is 35.9 Å². The zero-order chi connectivity index (χ0) is 22.1. The number of halogens is 3. The first-order valence-corrected chi connectivity index (χ1v) is 9.72. The Morgan fingerprint density at radius 1 is 1.30 bits per heavy atom. The van der Waals surface area contributed by atoms with Crippen molar-refractivity contribution < 1.29 is 37.3 Å². The van der Waals surface area contributed by atoms with Crippen molar-refractivity contribution in [2.45, 2.75) is 37.8 Å². The van der Waals surface area contributed by atoms with Crippen molar-refractivity contribution in [2.75, 3.05) is 33.3 Å². The first kappa shape index (κ1) is 24.1. The van der Waals surface area contributed by atoms with E-state index in [-0.39, 0.29) is 18.1 Å². The topological polar surface area (TPSA) is 88.1 Å². The van der Waals surface area contributed by atoms with Gasteiger partial charge in [0.1, 0.15) is 6.10 Å². The highest BCUT2D eigenvalue weighted by Gasteiger charge is 2.41. The van der Waals surface area contributed by atoms with Gasteiger partial charge in [-0.1, -0.05) is 30.3 Å². The molecule has 0 unspecified atom stereocenters. The minimum Gasteiger partial charge on any atom is -0.475 e. The zero-order valence-corrected chi connectivity index (χ0v) is 16.7. The number of ether oxygens (including phenoxy) is 2. The molecule has 168 valence electrons. The molecule has 30 heavy (non-hydrogen) atoms. The van der Waals surface area contributed by atoms with E-state index < -0.39 is 12.1 Å². The summed E-state index contributed by atoms with van der Waals surface area (Å²) in [5, 5.41) is 9.81. The van der Waals surface area contributed by atoms with Crippen molar-refractivity contribution in [2.24, 2.45) is 5.92 Å². The summed E-state index contributed by atoms with van der Waals surface area (Å²) in [6, 6.07) is 10.2. The van der Waals surface area contributed by atoms with Crippen LogP contribution < -0.4 is 5.32 Å². The van der Waals surface area contributed by atoms with E-state index >= 15 is 0 Å². The molecule has 0 radical (unpaired) electrons. The average Bonchev–Trinajstić information content (AvgIpc) is 3.14. The number of carbonyl (C=O) groups is 2. The third-order valence-electron chi connectivity index (χ3n) is 5.08. The Labute approximate surface area is 173 Å². The first-order valence-electron chi connectivity index (χ1n) is 9.72. The lowest BCUT2D eigenvalue weighted by atomic mass is 9.91. The molecule has 0 saturated carbocycles. The van der Waals surface area contributed by atoms with E-state index in [4.69, 9.17) is 19.4 Å². The monoisotopic (exact) mass is 432 g/mol. The van der Waals surface area contributed by atoms with Gasteiger partial charge in [0, 0.05) is 20.1 Å². The highest BCUT2D eigenvalue weighted by Crippen LogP contribution is 2.33. The van der Waals surface area contributed by atoms with Crippen molar-refractivity contribution in [3.63, 3.8) is 0 Å². The number of aliphatic carboxylic acids is 1. The Kier molecular flexibility index (Phi) is 9.07. The smallest absolute Gasteiger partial charge is 0.475 e. The van der Waals surface area contributed by atoms with Crippen molar-refractivity contribution >= 4 is 11.9 Å². The molecule has 2 fully saturated rings. The zero-order valence-electron chi connectivity index (χ0n) is 16.7. The lowest BCUT2D eigenvalue weighted by molar-refractivity contribution is -0.192. The maximum Gasteiger partial charge on any atom is 0.490 e. The number of fused-ring (bicyclic) bond motifs is 1. The van der Waals surface area contributed by atoms with Gasteiger partial charge in [0.05, 0.1) is 19.3 Å². The Bertz CT molecular complexity index is 687. The molecule has 7 nitrogen and oxygen atoms in total. The van der Waals surface area contributed by atoms with Crippen LogP contribution in [0.25, 0.3) is 0 Å². The molecule has 0 spiro atoms. The van der Waals surface area contributed by atoms with Gasteiger partial charge < -0.3 is 19.9 Å². The second-order valence-corrected chi connectivity index (χ2v) is 7.20.